The van der Waals surface area contributed by atoms with Crippen LogP contribution in [0.1, 0.15) is 38.1 Å². The summed E-state index contributed by atoms with van der Waals surface area (Å²) in [7, 11) is 1.52. The molecule has 0 bridgehead atoms. The number of amides is 1. The molecule has 1 rings (SSSR count). The summed E-state index contributed by atoms with van der Waals surface area (Å²) in [5.74, 6) is 0.270. The van der Waals surface area contributed by atoms with Crippen LogP contribution in [0, 0.1) is 0 Å². The number of nitrogens with zero attached hydrogens (tertiary/aromatic N) is 1. The van der Waals surface area contributed by atoms with Gasteiger partial charge in [-0.2, -0.15) is 0 Å². The van der Waals surface area contributed by atoms with E-state index >= 15 is 0 Å². The van der Waals surface area contributed by atoms with E-state index in [0.717, 1.165) is 6.54 Å². The van der Waals surface area contributed by atoms with Gasteiger partial charge in [-0.3, -0.25) is 9.69 Å². The zero-order valence-electron chi connectivity index (χ0n) is 13.6. The minimum atomic E-state index is -0.161. The number of benzene rings is 1. The number of methoxy groups -OCH3 is 1. The highest BCUT2D eigenvalue weighted by molar-refractivity contribution is 5.98. The van der Waals surface area contributed by atoms with E-state index in [1.54, 1.807) is 18.2 Å². The van der Waals surface area contributed by atoms with Crippen LogP contribution in [0.15, 0.2) is 18.2 Å². The topological polar surface area (TPSA) is 67.6 Å². The smallest absolute Gasteiger partial charge is 0.255 e. The summed E-state index contributed by atoms with van der Waals surface area (Å²) in [6.07, 6.45) is 0. The Morgan fingerprint density at radius 1 is 1.29 bits per heavy atom. The highest BCUT2D eigenvalue weighted by Crippen LogP contribution is 2.25. The van der Waals surface area contributed by atoms with E-state index in [2.05, 4.69) is 37.9 Å². The molecule has 0 heterocycles. The minimum Gasteiger partial charge on any atom is -0.494 e. The monoisotopic (exact) mass is 293 g/mol. The Morgan fingerprint density at radius 2 is 1.90 bits per heavy atom. The molecule has 0 saturated heterocycles. The average molecular weight is 293 g/mol. The largest absolute Gasteiger partial charge is 0.494 e. The van der Waals surface area contributed by atoms with Crippen LogP contribution in [-0.4, -0.2) is 43.1 Å². The summed E-state index contributed by atoms with van der Waals surface area (Å²) in [6, 6.07) is 6.08. The fourth-order valence-corrected chi connectivity index (χ4v) is 2.47. The van der Waals surface area contributed by atoms with Gasteiger partial charge in [-0.05, 0) is 39.8 Å². The highest BCUT2D eigenvalue weighted by atomic mass is 16.5. The Balaban J connectivity index is 2.65. The van der Waals surface area contributed by atoms with E-state index in [9.17, 15) is 4.79 Å². The molecule has 5 heteroatoms. The number of nitrogen functional groups attached to an aromatic ring is 1. The van der Waals surface area contributed by atoms with Gasteiger partial charge in [0.1, 0.15) is 0 Å². The van der Waals surface area contributed by atoms with Gasteiger partial charge < -0.3 is 15.8 Å². The quantitative estimate of drug-likeness (QED) is 0.756. The third kappa shape index (κ3) is 4.63. The number of rotatable bonds is 7. The molecule has 0 unspecified atom stereocenters. The molecule has 5 nitrogen and oxygen atoms in total. The molecule has 0 spiro atoms. The molecule has 1 aromatic rings. The number of para-hydroxylation sites is 1. The first-order valence-corrected chi connectivity index (χ1v) is 7.34. The Kier molecular flexibility index (Phi) is 6.49. The lowest BCUT2D eigenvalue weighted by molar-refractivity contribution is 0.0936. The summed E-state index contributed by atoms with van der Waals surface area (Å²) in [5.41, 5.74) is 6.75. The maximum Gasteiger partial charge on any atom is 0.255 e. The third-order valence-electron chi connectivity index (χ3n) is 3.48. The van der Waals surface area contributed by atoms with Crippen molar-refractivity contribution < 1.29 is 9.53 Å². The molecule has 0 atom stereocenters. The Morgan fingerprint density at radius 3 is 2.43 bits per heavy atom. The molecule has 0 saturated carbocycles. The molecule has 0 aliphatic rings. The molecule has 21 heavy (non-hydrogen) atoms. The van der Waals surface area contributed by atoms with Crippen molar-refractivity contribution in [3.63, 3.8) is 0 Å². The zero-order chi connectivity index (χ0) is 16.0. The maximum absolute atomic E-state index is 12.2. The van der Waals surface area contributed by atoms with Gasteiger partial charge in [0.15, 0.2) is 5.75 Å². The lowest BCUT2D eigenvalue weighted by Gasteiger charge is -2.30. The molecular weight excluding hydrogens is 266 g/mol. The second-order valence-corrected chi connectivity index (χ2v) is 5.61. The lowest BCUT2D eigenvalue weighted by Crippen LogP contribution is -2.42. The van der Waals surface area contributed by atoms with Crippen LogP contribution in [0.25, 0.3) is 0 Å². The van der Waals surface area contributed by atoms with Gasteiger partial charge in [-0.1, -0.05) is 6.07 Å². The summed E-state index contributed by atoms with van der Waals surface area (Å²) in [6.45, 7) is 10.0. The summed E-state index contributed by atoms with van der Waals surface area (Å²) >= 11 is 0. The fourth-order valence-electron chi connectivity index (χ4n) is 2.47. The molecular formula is C16H27N3O2. The number of ether oxygens (including phenoxy) is 1. The zero-order valence-corrected chi connectivity index (χ0v) is 13.6. The molecule has 0 fully saturated rings. The predicted octanol–water partition coefficient (Wildman–Crippen LogP) is 2.13. The van der Waals surface area contributed by atoms with Crippen molar-refractivity contribution in [2.75, 3.05) is 25.9 Å². The molecule has 0 radical (unpaired) electrons. The van der Waals surface area contributed by atoms with Crippen LogP contribution in [-0.2, 0) is 0 Å². The first kappa shape index (κ1) is 17.3. The van der Waals surface area contributed by atoms with Crippen molar-refractivity contribution in [1.82, 2.24) is 10.2 Å². The first-order valence-electron chi connectivity index (χ1n) is 7.34. The van der Waals surface area contributed by atoms with Crippen LogP contribution in [0.2, 0.25) is 0 Å². The van der Waals surface area contributed by atoms with E-state index < -0.39 is 0 Å². The van der Waals surface area contributed by atoms with Gasteiger partial charge in [-0.25, -0.2) is 0 Å². The van der Waals surface area contributed by atoms with Crippen LogP contribution in [0.5, 0.6) is 5.75 Å². The standard InChI is InChI=1S/C16H27N3O2/c1-11(2)19(12(3)4)10-9-18-16(20)13-7-6-8-14(17)15(13)21-5/h6-8,11-12H,9-10,17H2,1-5H3,(H,18,20). The van der Waals surface area contributed by atoms with Crippen LogP contribution in [0.4, 0.5) is 5.69 Å². The molecule has 3 N–H and O–H groups in total. The van der Waals surface area contributed by atoms with E-state index in [1.165, 1.54) is 7.11 Å². The molecule has 118 valence electrons. The van der Waals surface area contributed by atoms with Gasteiger partial charge in [-0.15, -0.1) is 0 Å². The maximum atomic E-state index is 12.2. The minimum absolute atomic E-state index is 0.161. The third-order valence-corrected chi connectivity index (χ3v) is 3.48. The Bertz CT molecular complexity index is 465. The van der Waals surface area contributed by atoms with Crippen LogP contribution >= 0.6 is 0 Å². The van der Waals surface area contributed by atoms with Crippen LogP contribution < -0.4 is 15.8 Å². The highest BCUT2D eigenvalue weighted by Gasteiger charge is 2.16. The summed E-state index contributed by atoms with van der Waals surface area (Å²) < 4.78 is 5.20. The predicted molar refractivity (Wildman–Crippen MR) is 86.7 cm³/mol. The molecule has 0 aliphatic carbocycles. The van der Waals surface area contributed by atoms with Crippen molar-refractivity contribution in [3.05, 3.63) is 23.8 Å². The van der Waals surface area contributed by atoms with Gasteiger partial charge in [0, 0.05) is 25.2 Å². The molecule has 0 aliphatic heterocycles. The normalized spacial score (nSPS) is 11.2. The summed E-state index contributed by atoms with van der Waals surface area (Å²) in [4.78, 5) is 14.6. The van der Waals surface area contributed by atoms with Crippen LogP contribution in [0.3, 0.4) is 0 Å². The van der Waals surface area contributed by atoms with E-state index in [-0.39, 0.29) is 5.91 Å². The Hall–Kier alpha value is -1.75. The lowest BCUT2D eigenvalue weighted by atomic mass is 10.1. The number of carbonyl (C=O) groups excluding carboxylic acids is 1. The van der Waals surface area contributed by atoms with Crippen molar-refractivity contribution in [1.29, 1.82) is 0 Å². The van der Waals surface area contributed by atoms with Gasteiger partial charge in [0.25, 0.3) is 5.91 Å². The number of hydrogen-bond acceptors (Lipinski definition) is 4. The first-order chi connectivity index (χ1) is 9.88. The number of nitrogens with one attached hydrogen (secondary N) is 1. The van der Waals surface area contributed by atoms with E-state index in [4.69, 9.17) is 10.5 Å². The second kappa shape index (κ2) is 7.88. The fraction of sp³-hybridized carbons (Fsp3) is 0.562. The van der Waals surface area contributed by atoms with Gasteiger partial charge in [0.2, 0.25) is 0 Å². The number of nitrogens with two attached hydrogens (primary N) is 1. The van der Waals surface area contributed by atoms with Crippen molar-refractivity contribution in [2.24, 2.45) is 0 Å². The molecule has 1 amide bonds. The van der Waals surface area contributed by atoms with E-state index in [1.807, 2.05) is 0 Å². The second-order valence-electron chi connectivity index (χ2n) is 5.61. The molecule has 0 aromatic heterocycles. The number of hydrogen-bond donors (Lipinski definition) is 2. The van der Waals surface area contributed by atoms with Gasteiger partial charge in [0.05, 0.1) is 18.4 Å². The number of carbonyl (C=O) groups is 1. The molecule has 1 aromatic carbocycles. The average Bonchev–Trinajstić information content (AvgIpc) is 2.42. The Labute approximate surface area is 127 Å². The number of anilines is 1. The van der Waals surface area contributed by atoms with Crippen molar-refractivity contribution in [2.45, 2.75) is 39.8 Å². The van der Waals surface area contributed by atoms with Crippen molar-refractivity contribution >= 4 is 11.6 Å². The SMILES string of the molecule is COc1c(N)cccc1C(=O)NCCN(C(C)C)C(C)C. The summed E-state index contributed by atoms with van der Waals surface area (Å²) in [5, 5.41) is 2.92. The van der Waals surface area contributed by atoms with Crippen molar-refractivity contribution in [3.8, 4) is 5.75 Å². The van der Waals surface area contributed by atoms with E-state index in [0.29, 0.717) is 35.6 Å². The van der Waals surface area contributed by atoms with Gasteiger partial charge >= 0.3 is 0 Å².